The highest BCUT2D eigenvalue weighted by Gasteiger charge is 2.11. The molecule has 4 nitrogen and oxygen atoms in total. The van der Waals surface area contributed by atoms with Crippen LogP contribution in [0.4, 0.5) is 10.1 Å². The van der Waals surface area contributed by atoms with Gasteiger partial charge in [-0.2, -0.15) is 0 Å². The lowest BCUT2D eigenvalue weighted by Gasteiger charge is -2.22. The summed E-state index contributed by atoms with van der Waals surface area (Å²) in [7, 11) is 1.88. The van der Waals surface area contributed by atoms with E-state index in [2.05, 4.69) is 4.98 Å². The number of rotatable bonds is 4. The van der Waals surface area contributed by atoms with Crippen LogP contribution in [-0.2, 0) is 6.54 Å². The van der Waals surface area contributed by atoms with Gasteiger partial charge in [0.15, 0.2) is 0 Å². The molecule has 1 aromatic heterocycles. The number of hydrogen-bond acceptors (Lipinski definition) is 3. The lowest BCUT2D eigenvalue weighted by molar-refractivity contribution is 0.627. The van der Waals surface area contributed by atoms with Gasteiger partial charge in [-0.3, -0.25) is 10.4 Å². The van der Waals surface area contributed by atoms with Crippen LogP contribution in [0.25, 0.3) is 0 Å². The maximum atomic E-state index is 13.2. The van der Waals surface area contributed by atoms with Crippen molar-refractivity contribution in [1.82, 2.24) is 4.98 Å². The van der Waals surface area contributed by atoms with Crippen molar-refractivity contribution in [2.75, 3.05) is 11.9 Å². The van der Waals surface area contributed by atoms with Crippen molar-refractivity contribution < 1.29 is 4.39 Å². The number of nitrogens with one attached hydrogen (secondary N) is 1. The summed E-state index contributed by atoms with van der Waals surface area (Å²) < 4.78 is 13.2. The van der Waals surface area contributed by atoms with Crippen LogP contribution >= 0.6 is 0 Å². The fraction of sp³-hybridized carbons (Fsp3) is 0.143. The Morgan fingerprint density at radius 3 is 2.63 bits per heavy atom. The molecule has 2 aromatic rings. The van der Waals surface area contributed by atoms with Gasteiger partial charge in [0.25, 0.3) is 0 Å². The third-order valence-electron chi connectivity index (χ3n) is 2.83. The Bertz CT molecular complexity index is 583. The van der Waals surface area contributed by atoms with Crippen LogP contribution in [0.2, 0.25) is 0 Å². The molecule has 0 aliphatic carbocycles. The molecule has 0 bridgehead atoms. The molecule has 0 spiro atoms. The highest BCUT2D eigenvalue weighted by atomic mass is 19.1. The SMILES string of the molecule is CN(Cc1ccncc1)c1ccc(F)cc1C(=N)N. The van der Waals surface area contributed by atoms with Gasteiger partial charge in [0, 0.05) is 37.2 Å². The van der Waals surface area contributed by atoms with Crippen molar-refractivity contribution in [3.63, 3.8) is 0 Å². The maximum absolute atomic E-state index is 13.2. The van der Waals surface area contributed by atoms with Crippen molar-refractivity contribution in [3.05, 3.63) is 59.7 Å². The van der Waals surface area contributed by atoms with Gasteiger partial charge in [-0.1, -0.05) is 0 Å². The zero-order valence-electron chi connectivity index (χ0n) is 10.6. The molecule has 3 N–H and O–H groups in total. The Labute approximate surface area is 111 Å². The topological polar surface area (TPSA) is 66.0 Å². The summed E-state index contributed by atoms with van der Waals surface area (Å²) >= 11 is 0. The van der Waals surface area contributed by atoms with E-state index in [1.54, 1.807) is 18.5 Å². The molecule has 5 heteroatoms. The molecule has 0 atom stereocenters. The Balaban J connectivity index is 2.28. The predicted molar refractivity (Wildman–Crippen MR) is 73.8 cm³/mol. The summed E-state index contributed by atoms with van der Waals surface area (Å²) in [6, 6.07) is 8.10. The lowest BCUT2D eigenvalue weighted by Crippen LogP contribution is -2.22. The summed E-state index contributed by atoms with van der Waals surface area (Å²) in [4.78, 5) is 5.88. The van der Waals surface area contributed by atoms with Crippen LogP contribution in [0.1, 0.15) is 11.1 Å². The molecule has 0 amide bonds. The molecule has 19 heavy (non-hydrogen) atoms. The second-order valence-electron chi connectivity index (χ2n) is 4.29. The molecule has 1 aromatic carbocycles. The minimum absolute atomic E-state index is 0.143. The summed E-state index contributed by atoms with van der Waals surface area (Å²) in [5.41, 5.74) is 7.70. The molecule has 0 unspecified atom stereocenters. The van der Waals surface area contributed by atoms with E-state index in [1.807, 2.05) is 24.1 Å². The predicted octanol–water partition coefficient (Wildman–Crippen LogP) is 2.14. The fourth-order valence-electron chi connectivity index (χ4n) is 1.90. The maximum Gasteiger partial charge on any atom is 0.125 e. The van der Waals surface area contributed by atoms with Gasteiger partial charge < -0.3 is 10.6 Å². The van der Waals surface area contributed by atoms with E-state index in [0.717, 1.165) is 11.3 Å². The van der Waals surface area contributed by atoms with Crippen molar-refractivity contribution in [3.8, 4) is 0 Å². The van der Waals surface area contributed by atoms with Crippen LogP contribution in [0.3, 0.4) is 0 Å². The summed E-state index contributed by atoms with van der Waals surface area (Å²) in [6.45, 7) is 0.633. The Morgan fingerprint density at radius 1 is 1.32 bits per heavy atom. The normalized spacial score (nSPS) is 10.2. The smallest absolute Gasteiger partial charge is 0.125 e. The van der Waals surface area contributed by atoms with Crippen LogP contribution < -0.4 is 10.6 Å². The van der Waals surface area contributed by atoms with E-state index in [-0.39, 0.29) is 5.84 Å². The van der Waals surface area contributed by atoms with E-state index in [4.69, 9.17) is 11.1 Å². The third kappa shape index (κ3) is 3.07. The van der Waals surface area contributed by atoms with Crippen LogP contribution in [0.15, 0.2) is 42.7 Å². The highest BCUT2D eigenvalue weighted by molar-refractivity contribution is 6.00. The molecule has 2 rings (SSSR count). The molecule has 0 aliphatic rings. The minimum atomic E-state index is -0.397. The van der Waals surface area contributed by atoms with E-state index in [0.29, 0.717) is 12.1 Å². The molecule has 98 valence electrons. The van der Waals surface area contributed by atoms with Crippen molar-refractivity contribution >= 4 is 11.5 Å². The quantitative estimate of drug-likeness (QED) is 0.652. The van der Waals surface area contributed by atoms with Crippen LogP contribution in [-0.4, -0.2) is 17.9 Å². The Morgan fingerprint density at radius 2 is 2.00 bits per heavy atom. The first-order chi connectivity index (χ1) is 9.08. The largest absolute Gasteiger partial charge is 0.384 e. The van der Waals surface area contributed by atoms with Crippen LogP contribution in [0, 0.1) is 11.2 Å². The highest BCUT2D eigenvalue weighted by Crippen LogP contribution is 2.21. The van der Waals surface area contributed by atoms with E-state index in [1.165, 1.54) is 12.1 Å². The minimum Gasteiger partial charge on any atom is -0.384 e. The number of nitrogens with zero attached hydrogens (tertiary/aromatic N) is 2. The van der Waals surface area contributed by atoms with Crippen LogP contribution in [0.5, 0.6) is 0 Å². The second-order valence-corrected chi connectivity index (χ2v) is 4.29. The van der Waals surface area contributed by atoms with Gasteiger partial charge >= 0.3 is 0 Å². The number of hydrogen-bond donors (Lipinski definition) is 2. The van der Waals surface area contributed by atoms with Gasteiger partial charge in [0.05, 0.1) is 0 Å². The molecular formula is C14H15FN4. The van der Waals surface area contributed by atoms with Gasteiger partial charge in [0.2, 0.25) is 0 Å². The number of pyridine rings is 1. The van der Waals surface area contributed by atoms with Crippen molar-refractivity contribution in [1.29, 1.82) is 5.41 Å². The molecule has 1 heterocycles. The molecule has 0 saturated heterocycles. The lowest BCUT2D eigenvalue weighted by atomic mass is 10.1. The van der Waals surface area contributed by atoms with Crippen molar-refractivity contribution in [2.45, 2.75) is 6.54 Å². The van der Waals surface area contributed by atoms with E-state index >= 15 is 0 Å². The average Bonchev–Trinajstić information content (AvgIpc) is 2.39. The van der Waals surface area contributed by atoms with Crippen molar-refractivity contribution in [2.24, 2.45) is 5.73 Å². The number of halogens is 1. The summed E-state index contributed by atoms with van der Waals surface area (Å²) in [5, 5.41) is 7.52. The van der Waals surface area contributed by atoms with E-state index < -0.39 is 5.82 Å². The molecule has 0 radical (unpaired) electrons. The first kappa shape index (κ1) is 13.0. The number of benzene rings is 1. The van der Waals surface area contributed by atoms with Gasteiger partial charge in [0.1, 0.15) is 11.7 Å². The zero-order valence-corrected chi connectivity index (χ0v) is 10.6. The second kappa shape index (κ2) is 5.48. The van der Waals surface area contributed by atoms with E-state index in [9.17, 15) is 4.39 Å². The van der Waals surface area contributed by atoms with Gasteiger partial charge in [-0.15, -0.1) is 0 Å². The van der Waals surface area contributed by atoms with Gasteiger partial charge in [-0.25, -0.2) is 4.39 Å². The number of aromatic nitrogens is 1. The average molecular weight is 258 g/mol. The number of amidine groups is 1. The molecule has 0 fully saturated rings. The monoisotopic (exact) mass is 258 g/mol. The first-order valence-electron chi connectivity index (χ1n) is 5.82. The number of nitrogen functional groups attached to an aromatic ring is 1. The first-order valence-corrected chi connectivity index (χ1v) is 5.82. The Kier molecular flexibility index (Phi) is 3.75. The molecule has 0 saturated carbocycles. The number of nitrogens with two attached hydrogens (primary N) is 1. The fourth-order valence-corrected chi connectivity index (χ4v) is 1.90. The molecular weight excluding hydrogens is 243 g/mol. The third-order valence-corrected chi connectivity index (χ3v) is 2.83. The zero-order chi connectivity index (χ0) is 13.8. The number of anilines is 1. The summed E-state index contributed by atoms with van der Waals surface area (Å²) in [6.07, 6.45) is 3.44. The summed E-state index contributed by atoms with van der Waals surface area (Å²) in [5.74, 6) is -0.540. The molecule has 0 aliphatic heterocycles. The Hall–Kier alpha value is -2.43. The standard InChI is InChI=1S/C14H15FN4/c1-19(9-10-4-6-18-7-5-10)13-3-2-11(15)8-12(13)14(16)17/h2-8H,9H2,1H3,(H3,16,17). The van der Waals surface area contributed by atoms with Gasteiger partial charge in [-0.05, 0) is 35.9 Å².